The molecule has 0 aliphatic heterocycles. The molecule has 0 unspecified atom stereocenters. The maximum absolute atomic E-state index is 12.2. The van der Waals surface area contributed by atoms with E-state index < -0.39 is 0 Å². The number of rotatable bonds is 5. The summed E-state index contributed by atoms with van der Waals surface area (Å²) < 4.78 is 7.00. The molecule has 0 saturated carbocycles. The van der Waals surface area contributed by atoms with Gasteiger partial charge in [-0.3, -0.25) is 4.79 Å². The molecule has 146 valence electrons. The Labute approximate surface area is 163 Å². The van der Waals surface area contributed by atoms with Crippen LogP contribution in [-0.2, 0) is 0 Å². The van der Waals surface area contributed by atoms with Gasteiger partial charge in [0.1, 0.15) is 0 Å². The SMILES string of the molecule is CN(C)c1nc(NC(C)(C)C)nc(Oc2ccc(=O)n(-c3ccccc3)n2)n1. The second-order valence-corrected chi connectivity index (χ2v) is 7.37. The lowest BCUT2D eigenvalue weighted by Crippen LogP contribution is -2.28. The van der Waals surface area contributed by atoms with Gasteiger partial charge in [-0.2, -0.15) is 19.6 Å². The standard InChI is InChI=1S/C19H23N7O2/c1-19(2,3)23-16-20-17(25(4)5)22-18(21-16)28-14-11-12-15(27)26(24-14)13-9-7-6-8-10-13/h6-12H,1-5H3,(H,20,21,22,23). The van der Waals surface area contributed by atoms with E-state index in [1.807, 2.05) is 53.1 Å². The number of benzene rings is 1. The van der Waals surface area contributed by atoms with Crippen LogP contribution < -0.4 is 20.5 Å². The molecule has 28 heavy (non-hydrogen) atoms. The fraction of sp³-hybridized carbons (Fsp3) is 0.316. The highest BCUT2D eigenvalue weighted by Crippen LogP contribution is 2.20. The zero-order valence-electron chi connectivity index (χ0n) is 16.5. The van der Waals surface area contributed by atoms with Gasteiger partial charge in [-0.25, -0.2) is 0 Å². The van der Waals surface area contributed by atoms with Gasteiger partial charge in [-0.05, 0) is 32.9 Å². The Morgan fingerprint density at radius 2 is 1.71 bits per heavy atom. The van der Waals surface area contributed by atoms with Crippen LogP contribution in [0.4, 0.5) is 11.9 Å². The molecular formula is C19H23N7O2. The van der Waals surface area contributed by atoms with Gasteiger partial charge in [0.25, 0.3) is 5.56 Å². The lowest BCUT2D eigenvalue weighted by atomic mass is 10.1. The Bertz CT molecular complexity index is 1010. The molecule has 9 nitrogen and oxygen atoms in total. The first-order valence-electron chi connectivity index (χ1n) is 8.76. The van der Waals surface area contributed by atoms with E-state index in [9.17, 15) is 4.79 Å². The number of hydrogen-bond acceptors (Lipinski definition) is 8. The Morgan fingerprint density at radius 1 is 1.00 bits per heavy atom. The van der Waals surface area contributed by atoms with E-state index in [0.29, 0.717) is 17.6 Å². The molecule has 2 aromatic heterocycles. The molecule has 0 radical (unpaired) electrons. The number of anilines is 2. The van der Waals surface area contributed by atoms with Crippen molar-refractivity contribution < 1.29 is 4.74 Å². The largest absolute Gasteiger partial charge is 0.403 e. The Hall–Kier alpha value is -3.49. The summed E-state index contributed by atoms with van der Waals surface area (Å²) in [5.41, 5.74) is 0.136. The maximum atomic E-state index is 12.2. The van der Waals surface area contributed by atoms with Crippen LogP contribution in [0.3, 0.4) is 0 Å². The summed E-state index contributed by atoms with van der Waals surface area (Å²) in [5, 5.41) is 7.47. The van der Waals surface area contributed by atoms with Crippen molar-refractivity contribution in [3.05, 3.63) is 52.8 Å². The van der Waals surface area contributed by atoms with Gasteiger partial charge < -0.3 is 15.0 Å². The van der Waals surface area contributed by atoms with E-state index in [1.54, 1.807) is 17.0 Å². The summed E-state index contributed by atoms with van der Waals surface area (Å²) in [7, 11) is 3.65. The fourth-order valence-electron chi connectivity index (χ4n) is 2.28. The summed E-state index contributed by atoms with van der Waals surface area (Å²) in [6, 6.07) is 12.1. The molecule has 0 atom stereocenters. The molecule has 0 saturated heterocycles. The highest BCUT2D eigenvalue weighted by Gasteiger charge is 2.16. The van der Waals surface area contributed by atoms with E-state index in [1.165, 1.54) is 16.8 Å². The van der Waals surface area contributed by atoms with Crippen LogP contribution in [0, 0.1) is 0 Å². The van der Waals surface area contributed by atoms with Crippen LogP contribution in [0.2, 0.25) is 0 Å². The monoisotopic (exact) mass is 381 g/mol. The number of nitrogens with zero attached hydrogens (tertiary/aromatic N) is 6. The van der Waals surface area contributed by atoms with Crippen molar-refractivity contribution in [2.45, 2.75) is 26.3 Å². The third kappa shape index (κ3) is 4.81. The Kier molecular flexibility index (Phi) is 5.25. The predicted molar refractivity (Wildman–Crippen MR) is 107 cm³/mol. The molecule has 2 heterocycles. The minimum Gasteiger partial charge on any atom is -0.403 e. The fourth-order valence-corrected chi connectivity index (χ4v) is 2.28. The van der Waals surface area contributed by atoms with Crippen molar-refractivity contribution in [2.75, 3.05) is 24.3 Å². The highest BCUT2D eigenvalue weighted by atomic mass is 16.5. The molecular weight excluding hydrogens is 358 g/mol. The molecule has 0 amide bonds. The highest BCUT2D eigenvalue weighted by molar-refractivity contribution is 5.39. The average Bonchev–Trinajstić information content (AvgIpc) is 2.62. The quantitative estimate of drug-likeness (QED) is 0.720. The number of hydrogen-bond donors (Lipinski definition) is 1. The summed E-state index contributed by atoms with van der Waals surface area (Å²) >= 11 is 0. The van der Waals surface area contributed by atoms with Gasteiger partial charge in [0.15, 0.2) is 0 Å². The van der Waals surface area contributed by atoms with Crippen molar-refractivity contribution in [3.8, 4) is 17.6 Å². The molecule has 0 aliphatic carbocycles. The van der Waals surface area contributed by atoms with Gasteiger partial charge in [-0.15, -0.1) is 5.10 Å². The van der Waals surface area contributed by atoms with Gasteiger partial charge in [0.2, 0.25) is 17.8 Å². The van der Waals surface area contributed by atoms with E-state index in [2.05, 4.69) is 25.4 Å². The first-order chi connectivity index (χ1) is 13.2. The molecule has 0 aliphatic rings. The minimum absolute atomic E-state index is 0.0798. The van der Waals surface area contributed by atoms with Crippen molar-refractivity contribution in [3.63, 3.8) is 0 Å². The molecule has 1 aromatic carbocycles. The zero-order chi connectivity index (χ0) is 20.3. The zero-order valence-corrected chi connectivity index (χ0v) is 16.5. The number of aromatic nitrogens is 5. The van der Waals surface area contributed by atoms with Crippen LogP contribution in [0.1, 0.15) is 20.8 Å². The van der Waals surface area contributed by atoms with Crippen LogP contribution in [-0.4, -0.2) is 44.4 Å². The van der Waals surface area contributed by atoms with E-state index in [4.69, 9.17) is 4.74 Å². The van der Waals surface area contributed by atoms with Crippen LogP contribution >= 0.6 is 0 Å². The minimum atomic E-state index is -0.265. The van der Waals surface area contributed by atoms with Crippen LogP contribution in [0.5, 0.6) is 11.9 Å². The van der Waals surface area contributed by atoms with Crippen molar-refractivity contribution >= 4 is 11.9 Å². The molecule has 0 fully saturated rings. The van der Waals surface area contributed by atoms with E-state index >= 15 is 0 Å². The number of para-hydroxylation sites is 1. The molecule has 9 heteroatoms. The lowest BCUT2D eigenvalue weighted by molar-refractivity contribution is 0.411. The lowest BCUT2D eigenvalue weighted by Gasteiger charge is -2.21. The second kappa shape index (κ2) is 7.63. The van der Waals surface area contributed by atoms with E-state index in [-0.39, 0.29) is 23.0 Å². The first kappa shape index (κ1) is 19.3. The summed E-state index contributed by atoms with van der Waals surface area (Å²) in [5.74, 6) is 1.02. The van der Waals surface area contributed by atoms with Crippen molar-refractivity contribution in [2.24, 2.45) is 0 Å². The van der Waals surface area contributed by atoms with Crippen molar-refractivity contribution in [1.82, 2.24) is 24.7 Å². The molecule has 1 N–H and O–H groups in total. The second-order valence-electron chi connectivity index (χ2n) is 7.37. The summed E-state index contributed by atoms with van der Waals surface area (Å²) in [4.78, 5) is 26.9. The Morgan fingerprint density at radius 3 is 2.36 bits per heavy atom. The predicted octanol–water partition coefficient (Wildman–Crippen LogP) is 2.49. The van der Waals surface area contributed by atoms with Gasteiger partial charge in [-0.1, -0.05) is 18.2 Å². The van der Waals surface area contributed by atoms with Crippen LogP contribution in [0.15, 0.2) is 47.3 Å². The molecule has 3 rings (SSSR count). The third-order valence-electron chi connectivity index (χ3n) is 3.46. The first-order valence-corrected chi connectivity index (χ1v) is 8.76. The topological polar surface area (TPSA) is 98.1 Å². The third-order valence-corrected chi connectivity index (χ3v) is 3.46. The summed E-state index contributed by atoms with van der Waals surface area (Å²) in [6.45, 7) is 6.01. The normalized spacial score (nSPS) is 11.2. The van der Waals surface area contributed by atoms with Gasteiger partial charge >= 0.3 is 6.01 Å². The van der Waals surface area contributed by atoms with Crippen molar-refractivity contribution in [1.29, 1.82) is 0 Å². The average molecular weight is 381 g/mol. The number of ether oxygens (including phenoxy) is 1. The smallest absolute Gasteiger partial charge is 0.330 e. The van der Waals surface area contributed by atoms with E-state index in [0.717, 1.165) is 0 Å². The van der Waals surface area contributed by atoms with Gasteiger partial charge in [0, 0.05) is 31.8 Å². The Balaban J connectivity index is 1.96. The number of nitrogens with one attached hydrogen (secondary N) is 1. The molecule has 0 spiro atoms. The summed E-state index contributed by atoms with van der Waals surface area (Å²) in [6.07, 6.45) is 0. The molecule has 0 bridgehead atoms. The molecule has 3 aromatic rings. The van der Waals surface area contributed by atoms with Gasteiger partial charge in [0.05, 0.1) is 5.69 Å². The van der Waals surface area contributed by atoms with Crippen LogP contribution in [0.25, 0.3) is 5.69 Å². The maximum Gasteiger partial charge on any atom is 0.330 e.